The predicted octanol–water partition coefficient (Wildman–Crippen LogP) is 4.33. The largest absolute Gasteiger partial charge is 0.486 e. The Bertz CT molecular complexity index is 1230. The van der Waals surface area contributed by atoms with Crippen LogP contribution in [0.4, 0.5) is 5.69 Å². The first-order valence-corrected chi connectivity index (χ1v) is 9.43. The van der Waals surface area contributed by atoms with Crippen LogP contribution in [-0.2, 0) is 0 Å². The number of amides is 1. The predicted molar refractivity (Wildman–Crippen MR) is 111 cm³/mol. The summed E-state index contributed by atoms with van der Waals surface area (Å²) in [5.41, 5.74) is 4.97. The fourth-order valence-corrected chi connectivity index (χ4v) is 3.43. The standard InChI is InChI=1S/C23H19N3O3/c1-15-8-9-26-14-19(25-21(26)12-15)16-4-2-5-17(13-16)24-23(27)18-6-3-7-20-22(18)29-11-10-28-20/h2-9,12-14H,10-11H2,1H3,(H,24,27). The summed E-state index contributed by atoms with van der Waals surface area (Å²) in [5, 5.41) is 2.95. The Morgan fingerprint density at radius 2 is 1.93 bits per heavy atom. The molecule has 0 saturated heterocycles. The van der Waals surface area contributed by atoms with Crippen molar-refractivity contribution in [2.24, 2.45) is 0 Å². The summed E-state index contributed by atoms with van der Waals surface area (Å²) in [5.74, 6) is 0.843. The van der Waals surface area contributed by atoms with Gasteiger partial charge >= 0.3 is 0 Å². The molecule has 29 heavy (non-hydrogen) atoms. The average Bonchev–Trinajstić information content (AvgIpc) is 3.17. The number of rotatable bonds is 3. The van der Waals surface area contributed by atoms with Crippen LogP contribution in [-0.4, -0.2) is 28.5 Å². The summed E-state index contributed by atoms with van der Waals surface area (Å²) in [6.45, 7) is 2.96. The van der Waals surface area contributed by atoms with Gasteiger partial charge in [-0.2, -0.15) is 0 Å². The van der Waals surface area contributed by atoms with E-state index in [9.17, 15) is 4.79 Å². The molecular formula is C23H19N3O3. The molecule has 4 aromatic rings. The number of pyridine rings is 1. The van der Waals surface area contributed by atoms with Crippen LogP contribution in [0.15, 0.2) is 67.0 Å². The highest BCUT2D eigenvalue weighted by Crippen LogP contribution is 2.34. The van der Waals surface area contributed by atoms with Crippen molar-refractivity contribution in [1.29, 1.82) is 0 Å². The lowest BCUT2D eigenvalue weighted by Gasteiger charge is -2.20. The molecule has 0 bridgehead atoms. The zero-order valence-electron chi connectivity index (χ0n) is 15.9. The Hall–Kier alpha value is -3.80. The van der Waals surface area contributed by atoms with E-state index in [1.54, 1.807) is 18.2 Å². The van der Waals surface area contributed by atoms with Crippen molar-refractivity contribution in [2.45, 2.75) is 6.92 Å². The van der Waals surface area contributed by atoms with Crippen LogP contribution in [0.2, 0.25) is 0 Å². The molecule has 1 aliphatic rings. The molecule has 1 amide bonds. The highest BCUT2D eigenvalue weighted by Gasteiger charge is 2.20. The maximum Gasteiger partial charge on any atom is 0.259 e. The van der Waals surface area contributed by atoms with Crippen molar-refractivity contribution in [3.8, 4) is 22.8 Å². The minimum Gasteiger partial charge on any atom is -0.486 e. The number of hydrogen-bond acceptors (Lipinski definition) is 4. The number of carbonyl (C=O) groups is 1. The van der Waals surface area contributed by atoms with Gasteiger partial charge in [0, 0.05) is 23.6 Å². The third-order valence-electron chi connectivity index (χ3n) is 4.84. The Morgan fingerprint density at radius 1 is 1.07 bits per heavy atom. The van der Waals surface area contributed by atoms with E-state index in [2.05, 4.69) is 5.32 Å². The van der Waals surface area contributed by atoms with Crippen molar-refractivity contribution >= 4 is 17.2 Å². The lowest BCUT2D eigenvalue weighted by molar-refractivity contribution is 0.101. The quantitative estimate of drug-likeness (QED) is 0.570. The molecule has 6 nitrogen and oxygen atoms in total. The monoisotopic (exact) mass is 385 g/mol. The second-order valence-electron chi connectivity index (χ2n) is 6.96. The molecule has 3 heterocycles. The highest BCUT2D eigenvalue weighted by atomic mass is 16.6. The van der Waals surface area contributed by atoms with Crippen molar-refractivity contribution in [2.75, 3.05) is 18.5 Å². The molecule has 144 valence electrons. The molecule has 2 aromatic heterocycles. The Labute approximate surface area is 167 Å². The summed E-state index contributed by atoms with van der Waals surface area (Å²) in [4.78, 5) is 17.5. The van der Waals surface area contributed by atoms with E-state index in [-0.39, 0.29) is 5.91 Å². The molecule has 1 aliphatic heterocycles. The number of ether oxygens (including phenoxy) is 2. The Kier molecular flexibility index (Phi) is 4.17. The van der Waals surface area contributed by atoms with Crippen LogP contribution in [0, 0.1) is 6.92 Å². The van der Waals surface area contributed by atoms with Gasteiger partial charge in [-0.3, -0.25) is 4.79 Å². The molecule has 2 aromatic carbocycles. The lowest BCUT2D eigenvalue weighted by Crippen LogP contribution is -2.20. The van der Waals surface area contributed by atoms with Crippen LogP contribution < -0.4 is 14.8 Å². The van der Waals surface area contributed by atoms with Crippen LogP contribution in [0.5, 0.6) is 11.5 Å². The van der Waals surface area contributed by atoms with Crippen LogP contribution >= 0.6 is 0 Å². The number of hydrogen-bond donors (Lipinski definition) is 1. The fraction of sp³-hybridized carbons (Fsp3) is 0.130. The number of fused-ring (bicyclic) bond motifs is 2. The fourth-order valence-electron chi connectivity index (χ4n) is 3.43. The molecule has 0 saturated carbocycles. The number of anilines is 1. The van der Waals surface area contributed by atoms with E-state index in [4.69, 9.17) is 14.5 Å². The third kappa shape index (κ3) is 3.29. The van der Waals surface area contributed by atoms with Gasteiger partial charge in [0.2, 0.25) is 0 Å². The number of nitrogens with one attached hydrogen (secondary N) is 1. The number of benzene rings is 2. The summed E-state index contributed by atoms with van der Waals surface area (Å²) >= 11 is 0. The van der Waals surface area contributed by atoms with E-state index in [1.807, 2.05) is 60.1 Å². The number of aryl methyl sites for hydroxylation is 1. The SMILES string of the molecule is Cc1ccn2cc(-c3cccc(NC(=O)c4cccc5c4OCCO5)c3)nc2c1. The summed E-state index contributed by atoms with van der Waals surface area (Å²) in [6, 6.07) is 17.1. The summed E-state index contributed by atoms with van der Waals surface area (Å²) in [7, 11) is 0. The van der Waals surface area contributed by atoms with Gasteiger partial charge in [0.05, 0.1) is 11.3 Å². The van der Waals surface area contributed by atoms with E-state index in [1.165, 1.54) is 0 Å². The van der Waals surface area contributed by atoms with E-state index >= 15 is 0 Å². The van der Waals surface area contributed by atoms with Crippen LogP contribution in [0.3, 0.4) is 0 Å². The van der Waals surface area contributed by atoms with Crippen molar-refractivity contribution < 1.29 is 14.3 Å². The van der Waals surface area contributed by atoms with Gasteiger partial charge < -0.3 is 19.2 Å². The Balaban J connectivity index is 1.43. The Morgan fingerprint density at radius 3 is 2.86 bits per heavy atom. The first-order chi connectivity index (χ1) is 14.2. The van der Waals surface area contributed by atoms with Gasteiger partial charge in [0.25, 0.3) is 5.91 Å². The second-order valence-corrected chi connectivity index (χ2v) is 6.96. The molecule has 0 atom stereocenters. The molecule has 0 spiro atoms. The molecule has 1 N–H and O–H groups in total. The third-order valence-corrected chi connectivity index (χ3v) is 4.84. The number of aromatic nitrogens is 2. The maximum absolute atomic E-state index is 12.8. The van der Waals surface area contributed by atoms with E-state index in [0.717, 1.165) is 22.5 Å². The minimum absolute atomic E-state index is 0.241. The van der Waals surface area contributed by atoms with Crippen molar-refractivity contribution in [3.63, 3.8) is 0 Å². The summed E-state index contributed by atoms with van der Waals surface area (Å²) < 4.78 is 13.2. The molecule has 0 radical (unpaired) electrons. The second kappa shape index (κ2) is 6.98. The lowest BCUT2D eigenvalue weighted by atomic mass is 10.1. The molecule has 0 aliphatic carbocycles. The zero-order chi connectivity index (χ0) is 19.8. The minimum atomic E-state index is -0.241. The average molecular weight is 385 g/mol. The molecule has 5 rings (SSSR count). The topological polar surface area (TPSA) is 64.9 Å². The van der Waals surface area contributed by atoms with Gasteiger partial charge in [0.1, 0.15) is 18.9 Å². The van der Waals surface area contributed by atoms with Gasteiger partial charge in [0.15, 0.2) is 11.5 Å². The first kappa shape index (κ1) is 17.3. The number of carbonyl (C=O) groups excluding carboxylic acids is 1. The molecular weight excluding hydrogens is 366 g/mol. The van der Waals surface area contributed by atoms with Gasteiger partial charge in [-0.05, 0) is 48.9 Å². The molecule has 0 fully saturated rings. The van der Waals surface area contributed by atoms with Gasteiger partial charge in [-0.1, -0.05) is 18.2 Å². The number of imidazole rings is 1. The number of nitrogens with zero attached hydrogens (tertiary/aromatic N) is 2. The smallest absolute Gasteiger partial charge is 0.259 e. The van der Waals surface area contributed by atoms with Gasteiger partial charge in [-0.15, -0.1) is 0 Å². The van der Waals surface area contributed by atoms with E-state index < -0.39 is 0 Å². The maximum atomic E-state index is 12.8. The van der Waals surface area contributed by atoms with Crippen molar-refractivity contribution in [1.82, 2.24) is 9.38 Å². The van der Waals surface area contributed by atoms with Gasteiger partial charge in [-0.25, -0.2) is 4.98 Å². The molecule has 6 heteroatoms. The van der Waals surface area contributed by atoms with Crippen molar-refractivity contribution in [3.05, 3.63) is 78.1 Å². The summed E-state index contributed by atoms with van der Waals surface area (Å²) in [6.07, 6.45) is 3.97. The van der Waals surface area contributed by atoms with Crippen LogP contribution in [0.1, 0.15) is 15.9 Å². The first-order valence-electron chi connectivity index (χ1n) is 9.43. The highest BCUT2D eigenvalue weighted by molar-refractivity contribution is 6.07. The zero-order valence-corrected chi connectivity index (χ0v) is 15.9. The van der Waals surface area contributed by atoms with Crippen LogP contribution in [0.25, 0.3) is 16.9 Å². The molecule has 0 unspecified atom stereocenters. The number of para-hydroxylation sites is 1. The normalized spacial score (nSPS) is 12.7. The van der Waals surface area contributed by atoms with E-state index in [0.29, 0.717) is 36.0 Å².